The van der Waals surface area contributed by atoms with Gasteiger partial charge in [0, 0.05) is 25.0 Å². The Balaban J connectivity index is 1.61. The molecule has 9 heteroatoms. The lowest BCUT2D eigenvalue weighted by Gasteiger charge is -2.32. The number of aromatic nitrogens is 4. The first-order chi connectivity index (χ1) is 13.0. The minimum Gasteiger partial charge on any atom is -0.340 e. The van der Waals surface area contributed by atoms with E-state index in [2.05, 4.69) is 34.3 Å². The Morgan fingerprint density at radius 2 is 2.22 bits per heavy atom. The van der Waals surface area contributed by atoms with Gasteiger partial charge in [-0.05, 0) is 55.6 Å². The van der Waals surface area contributed by atoms with Crippen molar-refractivity contribution in [1.29, 1.82) is 0 Å². The molecule has 0 aliphatic carbocycles. The Hall–Kier alpha value is -2.13. The fourth-order valence-electron chi connectivity index (χ4n) is 3.13. The van der Waals surface area contributed by atoms with E-state index in [1.165, 1.54) is 11.3 Å². The molecule has 0 bridgehead atoms. The standard InChI is InChI=1S/C18H26N6O2S/c1-13(2)22(3)11-16-19-20-21-24(16)12-17(25)23-8-4-6-14(10-23)18(26)15-7-5-9-27-15/h5,7,9,13-14H,4,6,8,10-12H2,1-3H3/t14-/m1/s1. The second-order valence-corrected chi connectivity index (χ2v) is 8.23. The predicted octanol–water partition coefficient (Wildman–Crippen LogP) is 1.70. The number of piperidine rings is 1. The first-order valence-electron chi connectivity index (χ1n) is 9.26. The van der Waals surface area contributed by atoms with Crippen molar-refractivity contribution in [2.75, 3.05) is 20.1 Å². The molecule has 1 saturated heterocycles. The van der Waals surface area contributed by atoms with Crippen LogP contribution in [0.2, 0.25) is 0 Å². The number of amides is 1. The summed E-state index contributed by atoms with van der Waals surface area (Å²) in [6, 6.07) is 4.10. The van der Waals surface area contributed by atoms with Crippen LogP contribution in [-0.4, -0.2) is 67.9 Å². The number of thiophene rings is 1. The summed E-state index contributed by atoms with van der Waals surface area (Å²) in [7, 11) is 2.00. The van der Waals surface area contributed by atoms with Crippen LogP contribution in [0.4, 0.5) is 0 Å². The van der Waals surface area contributed by atoms with E-state index in [1.807, 2.05) is 24.6 Å². The highest BCUT2D eigenvalue weighted by Crippen LogP contribution is 2.23. The van der Waals surface area contributed by atoms with Gasteiger partial charge in [-0.3, -0.25) is 14.5 Å². The van der Waals surface area contributed by atoms with E-state index in [1.54, 1.807) is 9.58 Å². The zero-order chi connectivity index (χ0) is 19.4. The van der Waals surface area contributed by atoms with Crippen LogP contribution in [0, 0.1) is 5.92 Å². The van der Waals surface area contributed by atoms with Gasteiger partial charge in [-0.15, -0.1) is 16.4 Å². The summed E-state index contributed by atoms with van der Waals surface area (Å²) < 4.78 is 1.56. The summed E-state index contributed by atoms with van der Waals surface area (Å²) in [5, 5.41) is 13.7. The number of carbonyl (C=O) groups is 2. The molecule has 1 aliphatic heterocycles. The van der Waals surface area contributed by atoms with Gasteiger partial charge in [0.2, 0.25) is 5.91 Å². The Labute approximate surface area is 163 Å². The number of ketones is 1. The van der Waals surface area contributed by atoms with Crippen molar-refractivity contribution in [1.82, 2.24) is 30.0 Å². The molecule has 8 nitrogen and oxygen atoms in total. The highest BCUT2D eigenvalue weighted by molar-refractivity contribution is 7.12. The number of carbonyl (C=O) groups excluding carboxylic acids is 2. The predicted molar refractivity (Wildman–Crippen MR) is 102 cm³/mol. The van der Waals surface area contributed by atoms with Crippen molar-refractivity contribution >= 4 is 23.0 Å². The molecule has 0 radical (unpaired) electrons. The van der Waals surface area contributed by atoms with Crippen molar-refractivity contribution in [2.45, 2.75) is 45.8 Å². The number of tetrazole rings is 1. The Morgan fingerprint density at radius 1 is 1.41 bits per heavy atom. The van der Waals surface area contributed by atoms with Crippen molar-refractivity contribution in [3.63, 3.8) is 0 Å². The maximum Gasteiger partial charge on any atom is 0.244 e. The van der Waals surface area contributed by atoms with E-state index in [0.717, 1.165) is 17.7 Å². The van der Waals surface area contributed by atoms with Crippen LogP contribution in [0.5, 0.6) is 0 Å². The van der Waals surface area contributed by atoms with Gasteiger partial charge >= 0.3 is 0 Å². The second-order valence-electron chi connectivity index (χ2n) is 7.28. The fraction of sp³-hybridized carbons (Fsp3) is 0.611. The zero-order valence-corrected chi connectivity index (χ0v) is 16.9. The number of rotatable bonds is 7. The molecule has 0 spiro atoms. The normalized spacial score (nSPS) is 17.7. The Morgan fingerprint density at radius 3 is 2.93 bits per heavy atom. The van der Waals surface area contributed by atoms with Crippen LogP contribution in [0.25, 0.3) is 0 Å². The zero-order valence-electron chi connectivity index (χ0n) is 16.0. The van der Waals surface area contributed by atoms with Gasteiger partial charge in [0.05, 0.1) is 11.4 Å². The van der Waals surface area contributed by atoms with Crippen molar-refractivity contribution in [2.24, 2.45) is 5.92 Å². The highest BCUT2D eigenvalue weighted by Gasteiger charge is 2.30. The molecule has 0 N–H and O–H groups in total. The lowest BCUT2D eigenvalue weighted by atomic mass is 9.93. The van der Waals surface area contributed by atoms with Gasteiger partial charge in [0.1, 0.15) is 6.54 Å². The van der Waals surface area contributed by atoms with Gasteiger partial charge in [-0.2, -0.15) is 0 Å². The third-order valence-corrected chi connectivity index (χ3v) is 5.96. The average Bonchev–Trinajstić information content (AvgIpc) is 3.33. The van der Waals surface area contributed by atoms with Crippen LogP contribution < -0.4 is 0 Å². The minimum atomic E-state index is -0.123. The van der Waals surface area contributed by atoms with E-state index in [4.69, 9.17) is 0 Å². The summed E-state index contributed by atoms with van der Waals surface area (Å²) in [4.78, 5) is 30.1. The molecule has 0 saturated carbocycles. The highest BCUT2D eigenvalue weighted by atomic mass is 32.1. The molecular formula is C18H26N6O2S. The SMILES string of the molecule is CC(C)N(C)Cc1nnnn1CC(=O)N1CCC[C@@H](C(=O)c2cccs2)C1. The number of Topliss-reactive ketones (excluding diaryl/α,β-unsaturated/α-hetero) is 1. The molecule has 1 amide bonds. The molecule has 3 heterocycles. The van der Waals surface area contributed by atoms with Crippen molar-refractivity contribution in [3.05, 3.63) is 28.2 Å². The largest absolute Gasteiger partial charge is 0.340 e. The topological polar surface area (TPSA) is 84.2 Å². The molecule has 146 valence electrons. The van der Waals surface area contributed by atoms with Gasteiger partial charge < -0.3 is 4.90 Å². The molecule has 3 rings (SSSR count). The fourth-order valence-corrected chi connectivity index (χ4v) is 3.87. The van der Waals surface area contributed by atoms with Crippen LogP contribution in [0.3, 0.4) is 0 Å². The average molecular weight is 391 g/mol. The molecule has 1 aliphatic rings. The van der Waals surface area contributed by atoms with Gasteiger partial charge in [0.25, 0.3) is 0 Å². The van der Waals surface area contributed by atoms with Gasteiger partial charge in [-0.1, -0.05) is 6.07 Å². The number of nitrogens with zero attached hydrogens (tertiary/aromatic N) is 6. The number of hydrogen-bond donors (Lipinski definition) is 0. The summed E-state index contributed by atoms with van der Waals surface area (Å²) in [6.45, 7) is 6.02. The molecule has 0 aromatic carbocycles. The number of likely N-dealkylation sites (tertiary alicyclic amines) is 1. The first kappa shape index (κ1) is 19.6. The molecule has 27 heavy (non-hydrogen) atoms. The maximum atomic E-state index is 12.8. The van der Waals surface area contributed by atoms with Crippen LogP contribution in [0.15, 0.2) is 17.5 Å². The van der Waals surface area contributed by atoms with Crippen molar-refractivity contribution in [3.8, 4) is 0 Å². The summed E-state index contributed by atoms with van der Waals surface area (Å²) in [6.07, 6.45) is 1.67. The van der Waals surface area contributed by atoms with Crippen molar-refractivity contribution < 1.29 is 9.59 Å². The van der Waals surface area contributed by atoms with Crippen LogP contribution in [-0.2, 0) is 17.9 Å². The molecular weight excluding hydrogens is 364 g/mol. The quantitative estimate of drug-likeness (QED) is 0.669. The Kier molecular flexibility index (Phi) is 6.33. The van der Waals surface area contributed by atoms with E-state index >= 15 is 0 Å². The van der Waals surface area contributed by atoms with Crippen LogP contribution >= 0.6 is 11.3 Å². The first-order valence-corrected chi connectivity index (χ1v) is 10.1. The summed E-state index contributed by atoms with van der Waals surface area (Å²) >= 11 is 1.46. The van der Waals surface area contributed by atoms with Gasteiger partial charge in [0.15, 0.2) is 11.6 Å². The third-order valence-electron chi connectivity index (χ3n) is 5.07. The van der Waals surface area contributed by atoms with Gasteiger partial charge in [-0.25, -0.2) is 4.68 Å². The Bertz CT molecular complexity index is 773. The number of hydrogen-bond acceptors (Lipinski definition) is 7. The smallest absolute Gasteiger partial charge is 0.244 e. The molecule has 0 unspecified atom stereocenters. The lowest BCUT2D eigenvalue weighted by Crippen LogP contribution is -2.44. The molecule has 2 aromatic heterocycles. The van der Waals surface area contributed by atoms with E-state index < -0.39 is 0 Å². The lowest BCUT2D eigenvalue weighted by molar-refractivity contribution is -0.133. The van der Waals surface area contributed by atoms with Crippen LogP contribution in [0.1, 0.15) is 42.2 Å². The maximum absolute atomic E-state index is 12.8. The second kappa shape index (κ2) is 8.71. The molecule has 2 aromatic rings. The summed E-state index contributed by atoms with van der Waals surface area (Å²) in [5.41, 5.74) is 0. The minimum absolute atomic E-state index is 0.0422. The molecule has 1 fully saturated rings. The van der Waals surface area contributed by atoms with E-state index in [9.17, 15) is 9.59 Å². The summed E-state index contributed by atoms with van der Waals surface area (Å²) in [5.74, 6) is 0.646. The monoisotopic (exact) mass is 390 g/mol. The van der Waals surface area contributed by atoms with E-state index in [-0.39, 0.29) is 24.2 Å². The molecule has 1 atom stereocenters. The third kappa shape index (κ3) is 4.78. The van der Waals surface area contributed by atoms with E-state index in [0.29, 0.717) is 31.5 Å².